The lowest BCUT2D eigenvalue weighted by Crippen LogP contribution is -2.40. The Balaban J connectivity index is 1.35. The minimum Gasteiger partial charge on any atom is -0.441 e. The standard InChI is InChI=1S/C23H21ClN4O2/c24-18-4-1-5-19(10-18)28-14-23(30-22(28)29)8-2-3-17(11-23)13-27-15-26-20-7-6-16(12-25)9-21(20)27/h1,4-7,9-10,15,17H,2-3,8,11,13-14H2/t17-,23-/m0/s1. The van der Waals surface area contributed by atoms with Crippen LogP contribution < -0.4 is 4.90 Å². The van der Waals surface area contributed by atoms with E-state index in [0.29, 0.717) is 23.0 Å². The van der Waals surface area contributed by atoms with Crippen LogP contribution in [0.25, 0.3) is 11.0 Å². The second-order valence-corrected chi connectivity index (χ2v) is 8.73. The fourth-order valence-corrected chi connectivity index (χ4v) is 5.04. The van der Waals surface area contributed by atoms with Crippen molar-refractivity contribution in [2.45, 2.75) is 37.8 Å². The first-order valence-electron chi connectivity index (χ1n) is 10.2. The molecule has 6 nitrogen and oxygen atoms in total. The van der Waals surface area contributed by atoms with E-state index >= 15 is 0 Å². The number of rotatable bonds is 3. The first-order chi connectivity index (χ1) is 14.5. The van der Waals surface area contributed by atoms with Gasteiger partial charge < -0.3 is 9.30 Å². The predicted molar refractivity (Wildman–Crippen MR) is 114 cm³/mol. The first-order valence-corrected chi connectivity index (χ1v) is 10.5. The summed E-state index contributed by atoms with van der Waals surface area (Å²) in [5.74, 6) is 0.369. The van der Waals surface area contributed by atoms with Crippen molar-refractivity contribution >= 4 is 34.4 Å². The third-order valence-corrected chi connectivity index (χ3v) is 6.44. The highest BCUT2D eigenvalue weighted by molar-refractivity contribution is 6.30. The molecule has 30 heavy (non-hydrogen) atoms. The molecule has 1 amide bonds. The maximum Gasteiger partial charge on any atom is 0.415 e. The maximum absolute atomic E-state index is 12.6. The zero-order chi connectivity index (χ0) is 20.7. The van der Waals surface area contributed by atoms with Crippen LogP contribution >= 0.6 is 11.6 Å². The quantitative estimate of drug-likeness (QED) is 0.587. The Kier molecular flexibility index (Phi) is 4.63. The summed E-state index contributed by atoms with van der Waals surface area (Å²) >= 11 is 6.11. The number of nitriles is 1. The number of amides is 1. The van der Waals surface area contributed by atoms with Crippen molar-refractivity contribution in [3.8, 4) is 6.07 Å². The molecule has 2 aromatic carbocycles. The average Bonchev–Trinajstić information content (AvgIpc) is 3.28. The van der Waals surface area contributed by atoms with Crippen molar-refractivity contribution in [1.82, 2.24) is 9.55 Å². The molecule has 7 heteroatoms. The van der Waals surface area contributed by atoms with Gasteiger partial charge in [-0.25, -0.2) is 9.78 Å². The average molecular weight is 421 g/mol. The summed E-state index contributed by atoms with van der Waals surface area (Å²) in [7, 11) is 0. The minimum atomic E-state index is -0.462. The lowest BCUT2D eigenvalue weighted by molar-refractivity contribution is 0.00439. The van der Waals surface area contributed by atoms with Gasteiger partial charge in [-0.05, 0) is 68.0 Å². The second-order valence-electron chi connectivity index (χ2n) is 8.29. The zero-order valence-corrected chi connectivity index (χ0v) is 17.2. The Morgan fingerprint density at radius 3 is 3.03 bits per heavy atom. The monoisotopic (exact) mass is 420 g/mol. The van der Waals surface area contributed by atoms with Crippen LogP contribution in [0, 0.1) is 17.2 Å². The normalized spacial score (nSPS) is 23.7. The summed E-state index contributed by atoms with van der Waals surface area (Å²) in [5, 5.41) is 9.81. The lowest BCUT2D eigenvalue weighted by atomic mass is 9.78. The molecule has 1 aliphatic carbocycles. The number of carbonyl (C=O) groups is 1. The lowest BCUT2D eigenvalue weighted by Gasteiger charge is -2.36. The summed E-state index contributed by atoms with van der Waals surface area (Å²) in [5.41, 5.74) is 2.80. The Labute approximate surface area is 179 Å². The molecule has 1 saturated heterocycles. The molecular weight excluding hydrogens is 400 g/mol. The van der Waals surface area contributed by atoms with Gasteiger partial charge in [-0.15, -0.1) is 0 Å². The molecule has 2 atom stereocenters. The van der Waals surface area contributed by atoms with Gasteiger partial charge >= 0.3 is 6.09 Å². The fraction of sp³-hybridized carbons (Fsp3) is 0.348. The van der Waals surface area contributed by atoms with Gasteiger partial charge in [0, 0.05) is 17.3 Å². The number of fused-ring (bicyclic) bond motifs is 1. The van der Waals surface area contributed by atoms with Crippen LogP contribution in [0.4, 0.5) is 10.5 Å². The fourth-order valence-electron chi connectivity index (χ4n) is 4.85. The molecule has 2 fully saturated rings. The molecule has 2 heterocycles. The summed E-state index contributed by atoms with van der Waals surface area (Å²) in [6.45, 7) is 1.34. The van der Waals surface area contributed by atoms with Crippen LogP contribution in [0.1, 0.15) is 31.2 Å². The molecule has 1 aliphatic heterocycles. The van der Waals surface area contributed by atoms with Crippen molar-refractivity contribution < 1.29 is 9.53 Å². The van der Waals surface area contributed by atoms with Crippen molar-refractivity contribution in [3.63, 3.8) is 0 Å². The minimum absolute atomic E-state index is 0.301. The predicted octanol–water partition coefficient (Wildman–Crippen LogP) is 5.15. The van der Waals surface area contributed by atoms with E-state index in [4.69, 9.17) is 16.3 Å². The molecule has 1 spiro atoms. The number of imidazole rings is 1. The molecule has 0 unspecified atom stereocenters. The van der Waals surface area contributed by atoms with Gasteiger partial charge in [0.15, 0.2) is 0 Å². The van der Waals surface area contributed by atoms with E-state index in [-0.39, 0.29) is 6.09 Å². The van der Waals surface area contributed by atoms with Crippen LogP contribution in [0.3, 0.4) is 0 Å². The molecule has 3 aromatic rings. The molecule has 0 radical (unpaired) electrons. The van der Waals surface area contributed by atoms with Gasteiger partial charge in [0.2, 0.25) is 0 Å². The number of nitrogens with zero attached hydrogens (tertiary/aromatic N) is 4. The van der Waals surface area contributed by atoms with Gasteiger partial charge in [0.05, 0.1) is 35.5 Å². The van der Waals surface area contributed by atoms with E-state index in [1.54, 1.807) is 23.1 Å². The van der Waals surface area contributed by atoms with Crippen LogP contribution in [0.5, 0.6) is 0 Å². The van der Waals surface area contributed by atoms with Crippen LogP contribution in [0.2, 0.25) is 5.02 Å². The summed E-state index contributed by atoms with van der Waals surface area (Å²) in [6, 6.07) is 15.1. The highest BCUT2D eigenvalue weighted by Crippen LogP contribution is 2.42. The number of benzene rings is 2. The van der Waals surface area contributed by atoms with Gasteiger partial charge in [0.25, 0.3) is 0 Å². The SMILES string of the molecule is N#Cc1ccc2ncn(C[C@H]3CCC[C@]4(C3)CN(c3cccc(Cl)c3)C(=O)O4)c2c1. The second kappa shape index (κ2) is 7.33. The topological polar surface area (TPSA) is 71.2 Å². The number of carbonyl (C=O) groups excluding carboxylic acids is 1. The van der Waals surface area contributed by atoms with Crippen molar-refractivity contribution in [2.24, 2.45) is 5.92 Å². The van der Waals surface area contributed by atoms with Gasteiger partial charge in [-0.2, -0.15) is 5.26 Å². The van der Waals surface area contributed by atoms with E-state index in [0.717, 1.165) is 48.9 Å². The van der Waals surface area contributed by atoms with Gasteiger partial charge in [-0.3, -0.25) is 4.90 Å². The number of halogens is 1. The van der Waals surface area contributed by atoms with Crippen molar-refractivity contribution in [3.05, 3.63) is 59.4 Å². The molecule has 0 bridgehead atoms. The molecule has 1 aromatic heterocycles. The number of hydrogen-bond acceptors (Lipinski definition) is 4. The highest BCUT2D eigenvalue weighted by atomic mass is 35.5. The van der Waals surface area contributed by atoms with Crippen LogP contribution in [-0.2, 0) is 11.3 Å². The van der Waals surface area contributed by atoms with Gasteiger partial charge in [-0.1, -0.05) is 17.7 Å². The number of ether oxygens (including phenoxy) is 1. The van der Waals surface area contributed by atoms with E-state index in [1.165, 1.54) is 0 Å². The third-order valence-electron chi connectivity index (χ3n) is 6.20. The molecule has 5 rings (SSSR count). The summed E-state index contributed by atoms with van der Waals surface area (Å²) in [4.78, 5) is 18.8. The molecule has 152 valence electrons. The Morgan fingerprint density at radius 2 is 2.20 bits per heavy atom. The van der Waals surface area contributed by atoms with Crippen LogP contribution in [-0.4, -0.2) is 27.8 Å². The first kappa shape index (κ1) is 19.0. The van der Waals surface area contributed by atoms with E-state index in [2.05, 4.69) is 15.6 Å². The van der Waals surface area contributed by atoms with Gasteiger partial charge in [0.1, 0.15) is 5.60 Å². The van der Waals surface area contributed by atoms with Crippen molar-refractivity contribution in [2.75, 3.05) is 11.4 Å². The molecule has 1 saturated carbocycles. The number of hydrogen-bond donors (Lipinski definition) is 0. The molecule has 0 N–H and O–H groups in total. The number of anilines is 1. The molecule has 2 aliphatic rings. The van der Waals surface area contributed by atoms with E-state index in [9.17, 15) is 10.1 Å². The van der Waals surface area contributed by atoms with Crippen molar-refractivity contribution in [1.29, 1.82) is 5.26 Å². The Bertz CT molecular complexity index is 1170. The van der Waals surface area contributed by atoms with Crippen LogP contribution in [0.15, 0.2) is 48.8 Å². The van der Waals surface area contributed by atoms with E-state index < -0.39 is 5.60 Å². The zero-order valence-electron chi connectivity index (χ0n) is 16.4. The number of aromatic nitrogens is 2. The summed E-state index contributed by atoms with van der Waals surface area (Å²) < 4.78 is 8.06. The molecular formula is C23H21ClN4O2. The maximum atomic E-state index is 12.6. The largest absolute Gasteiger partial charge is 0.441 e. The third kappa shape index (κ3) is 3.40. The highest BCUT2D eigenvalue weighted by Gasteiger charge is 2.48. The summed E-state index contributed by atoms with van der Waals surface area (Å²) in [6.07, 6.45) is 5.31. The smallest absolute Gasteiger partial charge is 0.415 e. The Morgan fingerprint density at radius 1 is 1.30 bits per heavy atom. The van der Waals surface area contributed by atoms with E-state index in [1.807, 2.05) is 30.6 Å². The Hall–Kier alpha value is -3.04.